The maximum absolute atomic E-state index is 12.7. The predicted octanol–water partition coefficient (Wildman–Crippen LogP) is 1.49. The molecule has 1 saturated heterocycles. The summed E-state index contributed by atoms with van der Waals surface area (Å²) in [4.78, 5) is 26.0. The van der Waals surface area contributed by atoms with Crippen molar-refractivity contribution in [2.24, 2.45) is 11.1 Å². The second-order valence-corrected chi connectivity index (χ2v) is 6.80. The largest absolute Gasteiger partial charge is 0.450 e. The van der Waals surface area contributed by atoms with E-state index >= 15 is 0 Å². The molecule has 1 aliphatic rings. The lowest BCUT2D eigenvalue weighted by Crippen LogP contribution is -2.59. The molecule has 6 nitrogen and oxygen atoms in total. The van der Waals surface area contributed by atoms with Crippen LogP contribution in [0.2, 0.25) is 0 Å². The average molecular weight is 299 g/mol. The van der Waals surface area contributed by atoms with Gasteiger partial charge in [0.1, 0.15) is 0 Å². The van der Waals surface area contributed by atoms with E-state index in [2.05, 4.69) is 5.32 Å². The zero-order valence-corrected chi connectivity index (χ0v) is 13.9. The Kier molecular flexibility index (Phi) is 5.61. The lowest BCUT2D eigenvalue weighted by molar-refractivity contribution is -0.144. The number of ether oxygens (including phenoxy) is 1. The fraction of sp³-hybridized carbons (Fsp3) is 0.867. The Hall–Kier alpha value is -1.30. The van der Waals surface area contributed by atoms with Crippen LogP contribution in [0.4, 0.5) is 4.79 Å². The summed E-state index contributed by atoms with van der Waals surface area (Å²) in [7, 11) is 0. The normalized spacial score (nSPS) is 20.1. The van der Waals surface area contributed by atoms with Crippen molar-refractivity contribution < 1.29 is 14.3 Å². The molecule has 21 heavy (non-hydrogen) atoms. The minimum atomic E-state index is -0.654. The first-order valence-corrected chi connectivity index (χ1v) is 7.61. The van der Waals surface area contributed by atoms with Crippen molar-refractivity contribution in [2.45, 2.75) is 59.0 Å². The monoisotopic (exact) mass is 299 g/mol. The van der Waals surface area contributed by atoms with Crippen molar-refractivity contribution in [1.29, 1.82) is 0 Å². The van der Waals surface area contributed by atoms with Crippen LogP contribution in [0.15, 0.2) is 0 Å². The van der Waals surface area contributed by atoms with Crippen LogP contribution in [-0.4, -0.2) is 48.2 Å². The molecule has 1 atom stereocenters. The van der Waals surface area contributed by atoms with E-state index in [0.29, 0.717) is 19.7 Å². The average Bonchev–Trinajstić information content (AvgIpc) is 2.37. The van der Waals surface area contributed by atoms with E-state index < -0.39 is 17.0 Å². The Morgan fingerprint density at radius 2 is 1.95 bits per heavy atom. The number of likely N-dealkylation sites (tertiary alicyclic amines) is 1. The number of amides is 2. The van der Waals surface area contributed by atoms with E-state index in [9.17, 15) is 9.59 Å². The topological polar surface area (TPSA) is 84.7 Å². The van der Waals surface area contributed by atoms with Gasteiger partial charge in [-0.25, -0.2) is 4.79 Å². The van der Waals surface area contributed by atoms with E-state index in [1.807, 2.05) is 27.7 Å². The molecule has 1 aliphatic heterocycles. The molecule has 0 aliphatic carbocycles. The molecule has 1 rings (SSSR count). The Labute approximate surface area is 127 Å². The van der Waals surface area contributed by atoms with Gasteiger partial charge in [0.15, 0.2) is 0 Å². The summed E-state index contributed by atoms with van der Waals surface area (Å²) < 4.78 is 4.89. The molecule has 3 N–H and O–H groups in total. The fourth-order valence-electron chi connectivity index (χ4n) is 2.29. The van der Waals surface area contributed by atoms with E-state index in [1.165, 1.54) is 0 Å². The maximum Gasteiger partial charge on any atom is 0.407 e. The van der Waals surface area contributed by atoms with Crippen LogP contribution in [0, 0.1) is 5.41 Å². The summed E-state index contributed by atoms with van der Waals surface area (Å²) >= 11 is 0. The maximum atomic E-state index is 12.7. The van der Waals surface area contributed by atoms with Crippen molar-refractivity contribution in [3.63, 3.8) is 0 Å². The summed E-state index contributed by atoms with van der Waals surface area (Å²) in [5.74, 6) is 0.0327. The number of hydrogen-bond acceptors (Lipinski definition) is 4. The molecule has 0 saturated carbocycles. The van der Waals surface area contributed by atoms with Gasteiger partial charge in [0.05, 0.1) is 12.0 Å². The van der Waals surface area contributed by atoms with E-state index in [4.69, 9.17) is 10.5 Å². The van der Waals surface area contributed by atoms with Crippen molar-refractivity contribution in [3.05, 3.63) is 0 Å². The first kappa shape index (κ1) is 17.8. The molecular weight excluding hydrogens is 270 g/mol. The molecule has 1 unspecified atom stereocenters. The van der Waals surface area contributed by atoms with E-state index in [-0.39, 0.29) is 11.9 Å². The molecular formula is C15H29N3O3. The molecule has 0 aromatic heterocycles. The van der Waals surface area contributed by atoms with E-state index in [0.717, 1.165) is 12.8 Å². The number of nitrogens with zero attached hydrogens (tertiary/aromatic N) is 1. The third kappa shape index (κ3) is 4.33. The van der Waals surface area contributed by atoms with Crippen LogP contribution in [0.3, 0.4) is 0 Å². The number of rotatable bonds is 4. The first-order chi connectivity index (χ1) is 9.59. The zero-order chi connectivity index (χ0) is 16.3. The van der Waals surface area contributed by atoms with Gasteiger partial charge in [-0.05, 0) is 47.5 Å². The molecule has 0 aromatic carbocycles. The highest BCUT2D eigenvalue weighted by atomic mass is 16.5. The minimum absolute atomic E-state index is 0.0327. The molecule has 0 bridgehead atoms. The SMILES string of the molecule is CCOC(=O)NC1CCCN(C(=O)C(C)(C)C(C)(C)N)C1. The minimum Gasteiger partial charge on any atom is -0.450 e. The highest BCUT2D eigenvalue weighted by Crippen LogP contribution is 2.31. The van der Waals surface area contributed by atoms with Crippen LogP contribution >= 0.6 is 0 Å². The zero-order valence-electron chi connectivity index (χ0n) is 13.9. The highest BCUT2D eigenvalue weighted by molar-refractivity contribution is 5.83. The number of nitrogens with two attached hydrogens (primary N) is 1. The van der Waals surface area contributed by atoms with Gasteiger partial charge in [0.2, 0.25) is 5.91 Å². The fourth-order valence-corrected chi connectivity index (χ4v) is 2.29. The summed E-state index contributed by atoms with van der Waals surface area (Å²) in [5, 5.41) is 2.81. The molecule has 0 spiro atoms. The van der Waals surface area contributed by atoms with Gasteiger partial charge in [-0.3, -0.25) is 4.79 Å². The number of hydrogen-bond donors (Lipinski definition) is 2. The van der Waals surface area contributed by atoms with Crippen molar-refractivity contribution in [3.8, 4) is 0 Å². The van der Waals surface area contributed by atoms with Crippen LogP contribution in [0.1, 0.15) is 47.5 Å². The van der Waals surface area contributed by atoms with Crippen LogP contribution in [-0.2, 0) is 9.53 Å². The van der Waals surface area contributed by atoms with Crippen LogP contribution in [0.25, 0.3) is 0 Å². The Balaban J connectivity index is 2.68. The summed E-state index contributed by atoms with van der Waals surface area (Å²) in [6.07, 6.45) is 1.30. The smallest absolute Gasteiger partial charge is 0.407 e. The number of nitrogens with one attached hydrogen (secondary N) is 1. The van der Waals surface area contributed by atoms with Gasteiger partial charge in [0.25, 0.3) is 0 Å². The molecule has 1 fully saturated rings. The third-order valence-corrected chi connectivity index (χ3v) is 4.45. The van der Waals surface area contributed by atoms with Crippen molar-refractivity contribution in [2.75, 3.05) is 19.7 Å². The van der Waals surface area contributed by atoms with Gasteiger partial charge < -0.3 is 20.7 Å². The Bertz CT molecular complexity index is 388. The lowest BCUT2D eigenvalue weighted by atomic mass is 9.74. The molecule has 0 aromatic rings. The van der Waals surface area contributed by atoms with Gasteiger partial charge in [-0.15, -0.1) is 0 Å². The van der Waals surface area contributed by atoms with Crippen LogP contribution < -0.4 is 11.1 Å². The first-order valence-electron chi connectivity index (χ1n) is 7.61. The quantitative estimate of drug-likeness (QED) is 0.823. The standard InChI is InChI=1S/C15H29N3O3/c1-6-21-13(20)17-11-8-7-9-18(10-11)12(19)14(2,3)15(4,5)16/h11H,6-10,16H2,1-5H3,(H,17,20). The number of carbonyl (C=O) groups is 2. The second-order valence-electron chi connectivity index (χ2n) is 6.80. The lowest BCUT2D eigenvalue weighted by Gasteiger charge is -2.43. The number of carbonyl (C=O) groups excluding carboxylic acids is 2. The van der Waals surface area contributed by atoms with Gasteiger partial charge in [-0.1, -0.05) is 0 Å². The van der Waals surface area contributed by atoms with E-state index in [1.54, 1.807) is 11.8 Å². The molecule has 1 heterocycles. The van der Waals surface area contributed by atoms with Gasteiger partial charge in [0, 0.05) is 24.7 Å². The number of alkyl carbamates (subject to hydrolysis) is 1. The summed E-state index contributed by atoms with van der Waals surface area (Å²) in [5.41, 5.74) is 4.88. The predicted molar refractivity (Wildman–Crippen MR) is 81.8 cm³/mol. The molecule has 122 valence electrons. The van der Waals surface area contributed by atoms with Crippen molar-refractivity contribution in [1.82, 2.24) is 10.2 Å². The molecule has 6 heteroatoms. The third-order valence-electron chi connectivity index (χ3n) is 4.45. The summed E-state index contributed by atoms with van der Waals surface area (Å²) in [6.45, 7) is 10.8. The second kappa shape index (κ2) is 6.64. The van der Waals surface area contributed by atoms with Crippen LogP contribution in [0.5, 0.6) is 0 Å². The Morgan fingerprint density at radius 3 is 2.48 bits per heavy atom. The van der Waals surface area contributed by atoms with Gasteiger partial charge >= 0.3 is 6.09 Å². The molecule has 2 amide bonds. The Morgan fingerprint density at radius 1 is 1.33 bits per heavy atom. The highest BCUT2D eigenvalue weighted by Gasteiger charge is 2.43. The summed E-state index contributed by atoms with van der Waals surface area (Å²) in [6, 6.07) is -0.0570. The van der Waals surface area contributed by atoms with Crippen molar-refractivity contribution >= 4 is 12.0 Å². The molecule has 0 radical (unpaired) electrons. The van der Waals surface area contributed by atoms with Gasteiger partial charge in [-0.2, -0.15) is 0 Å². The number of piperidine rings is 1.